The molecule has 0 aliphatic rings. The van der Waals surface area contributed by atoms with Crippen molar-refractivity contribution in [3.63, 3.8) is 0 Å². The highest BCUT2D eigenvalue weighted by atomic mass is 35.5. The van der Waals surface area contributed by atoms with Crippen molar-refractivity contribution < 1.29 is 26.3 Å². The van der Waals surface area contributed by atoms with E-state index in [4.69, 9.17) is 0 Å². The molecule has 0 aromatic heterocycles. The smallest absolute Gasteiger partial charge is 0.378 e. The Balaban J connectivity index is 4.73. The van der Waals surface area contributed by atoms with E-state index in [0.717, 1.165) is 0 Å². The summed E-state index contributed by atoms with van der Waals surface area (Å²) >= 11 is 4.45. The molecule has 3 nitrogen and oxygen atoms in total. The number of nitrogens with two attached hydrogens (primary N) is 1. The lowest BCUT2D eigenvalue weighted by molar-refractivity contribution is -0.0610. The van der Waals surface area contributed by atoms with Gasteiger partial charge >= 0.3 is 12.4 Å². The first kappa shape index (κ1) is 13.0. The highest BCUT2D eigenvalue weighted by Crippen LogP contribution is 2.20. The topological polar surface area (TPSA) is 50.7 Å². The largest absolute Gasteiger partial charge is 0.450 e. The van der Waals surface area contributed by atoms with Gasteiger partial charge in [0.1, 0.15) is 0 Å². The van der Waals surface area contributed by atoms with Crippen LogP contribution in [0.3, 0.4) is 0 Å². The predicted octanol–water partition coefficient (Wildman–Crippen LogP) is 2.02. The van der Waals surface area contributed by atoms with Gasteiger partial charge in [-0.05, 0) is 0 Å². The van der Waals surface area contributed by atoms with Crippen LogP contribution in [-0.2, 0) is 0 Å². The van der Waals surface area contributed by atoms with E-state index in [-0.39, 0.29) is 0 Å². The van der Waals surface area contributed by atoms with Crippen molar-refractivity contribution in [1.82, 2.24) is 0 Å². The maximum Gasteiger partial charge on any atom is 0.450 e. The molecule has 0 fully saturated rings. The Labute approximate surface area is 78.2 Å². The molecule has 0 amide bonds. The predicted molar refractivity (Wildman–Crippen MR) is 37.0 cm³/mol. The van der Waals surface area contributed by atoms with Crippen molar-refractivity contribution >= 4 is 22.6 Å². The first-order valence-corrected chi connectivity index (χ1v) is 3.14. The highest BCUT2D eigenvalue weighted by molar-refractivity contribution is 6.66. The van der Waals surface area contributed by atoms with E-state index in [0.29, 0.717) is 0 Å². The van der Waals surface area contributed by atoms with Crippen molar-refractivity contribution in [3.8, 4) is 0 Å². The van der Waals surface area contributed by atoms with Crippen molar-refractivity contribution in [2.75, 3.05) is 0 Å². The average Bonchev–Trinajstić information content (AvgIpc) is 1.95. The lowest BCUT2D eigenvalue weighted by Crippen LogP contribution is -2.31. The Bertz CT molecular complexity index is 235. The number of hydrogen-bond acceptors (Lipinski definition) is 2. The van der Waals surface area contributed by atoms with Crippen LogP contribution < -0.4 is 5.73 Å². The quantitative estimate of drug-likeness (QED) is 0.325. The third-order valence-electron chi connectivity index (χ3n) is 0.770. The van der Waals surface area contributed by atoms with Crippen LogP contribution in [0.15, 0.2) is 10.2 Å². The van der Waals surface area contributed by atoms with Crippen LogP contribution in [0.2, 0.25) is 0 Å². The van der Waals surface area contributed by atoms with Gasteiger partial charge in [0.2, 0.25) is 11.0 Å². The molecular weight excluding hydrogens is 240 g/mol. The van der Waals surface area contributed by atoms with E-state index in [2.05, 4.69) is 27.5 Å². The zero-order valence-electron chi connectivity index (χ0n) is 6.12. The van der Waals surface area contributed by atoms with E-state index < -0.39 is 23.4 Å². The molecule has 0 aliphatic heterocycles. The zero-order valence-corrected chi connectivity index (χ0v) is 6.87. The molecule has 0 aromatic rings. The summed E-state index contributed by atoms with van der Waals surface area (Å²) in [6.07, 6.45) is -10.1. The maximum absolute atomic E-state index is 11.5. The van der Waals surface area contributed by atoms with Gasteiger partial charge in [0.15, 0.2) is 0 Å². The SMILES string of the molecule is N/C(=N\N=C(/Cl)C(F)(F)F)C(F)(F)F. The number of hydrogen-bond donors (Lipinski definition) is 1. The fourth-order valence-corrected chi connectivity index (χ4v) is 0.249. The number of alkyl halides is 6. The molecule has 0 saturated carbocycles. The van der Waals surface area contributed by atoms with Gasteiger partial charge in [0.25, 0.3) is 0 Å². The monoisotopic (exact) mass is 241 g/mol. The molecule has 82 valence electrons. The van der Waals surface area contributed by atoms with Gasteiger partial charge in [0, 0.05) is 0 Å². The van der Waals surface area contributed by atoms with E-state index >= 15 is 0 Å². The summed E-state index contributed by atoms with van der Waals surface area (Å²) in [7, 11) is 0. The summed E-state index contributed by atoms with van der Waals surface area (Å²) in [5.74, 6) is -2.01. The summed E-state index contributed by atoms with van der Waals surface area (Å²) < 4.78 is 69.3. The van der Waals surface area contributed by atoms with Gasteiger partial charge in [-0.3, -0.25) is 0 Å². The van der Waals surface area contributed by atoms with Gasteiger partial charge in [0.05, 0.1) is 0 Å². The third kappa shape index (κ3) is 4.30. The summed E-state index contributed by atoms with van der Waals surface area (Å²) in [6, 6.07) is 0. The zero-order chi connectivity index (χ0) is 11.6. The molecule has 10 heteroatoms. The molecule has 14 heavy (non-hydrogen) atoms. The normalized spacial score (nSPS) is 15.9. The van der Waals surface area contributed by atoms with Crippen molar-refractivity contribution in [3.05, 3.63) is 0 Å². The molecule has 0 radical (unpaired) electrons. The molecule has 0 spiro atoms. The van der Waals surface area contributed by atoms with E-state index in [1.54, 1.807) is 0 Å². The summed E-state index contributed by atoms with van der Waals surface area (Å²) in [5, 5.41) is 2.09. The van der Waals surface area contributed by atoms with Gasteiger partial charge in [-0.2, -0.15) is 26.3 Å². The Morgan fingerprint density at radius 1 is 0.929 bits per heavy atom. The summed E-state index contributed by atoms with van der Waals surface area (Å²) in [5.41, 5.74) is 4.23. The molecule has 0 bridgehead atoms. The van der Waals surface area contributed by atoms with Gasteiger partial charge in [-0.25, -0.2) is 0 Å². The number of rotatable bonds is 1. The lowest BCUT2D eigenvalue weighted by Gasteiger charge is -2.03. The first-order chi connectivity index (χ1) is 6.05. The van der Waals surface area contributed by atoms with Crippen LogP contribution in [0.5, 0.6) is 0 Å². The molecule has 0 unspecified atom stereocenters. The minimum atomic E-state index is -5.04. The van der Waals surface area contributed by atoms with Crippen molar-refractivity contribution in [2.24, 2.45) is 15.9 Å². The Hall–Kier alpha value is -0.990. The Kier molecular flexibility index (Phi) is 3.74. The third-order valence-corrected chi connectivity index (χ3v) is 1.06. The van der Waals surface area contributed by atoms with Gasteiger partial charge < -0.3 is 5.73 Å². The van der Waals surface area contributed by atoms with Crippen LogP contribution >= 0.6 is 11.6 Å². The number of amidine groups is 1. The fourth-order valence-electron chi connectivity index (χ4n) is 0.211. The second-order valence-corrected chi connectivity index (χ2v) is 2.23. The summed E-state index contributed by atoms with van der Waals surface area (Å²) in [6.45, 7) is 0. The van der Waals surface area contributed by atoms with Crippen LogP contribution in [0, 0.1) is 0 Å². The molecule has 2 N–H and O–H groups in total. The molecular formula is C4H2ClF6N3. The maximum atomic E-state index is 11.5. The van der Waals surface area contributed by atoms with E-state index in [1.165, 1.54) is 0 Å². The number of halogens is 7. The molecule has 0 heterocycles. The Morgan fingerprint density at radius 2 is 1.36 bits per heavy atom. The molecule has 0 saturated heterocycles. The van der Waals surface area contributed by atoms with Crippen LogP contribution in [0.1, 0.15) is 0 Å². The standard InChI is InChI=1S/C4H2ClF6N3/c5-1(3(6,7)8)13-14-2(12)4(9,10)11/h(H2,12,14)/b13-1-. The minimum Gasteiger partial charge on any atom is -0.378 e. The molecule has 0 aliphatic carbocycles. The minimum absolute atomic E-state index is 2.01. The van der Waals surface area contributed by atoms with Crippen LogP contribution in [0.25, 0.3) is 0 Å². The van der Waals surface area contributed by atoms with Gasteiger partial charge in [-0.1, -0.05) is 11.6 Å². The van der Waals surface area contributed by atoms with Crippen molar-refractivity contribution in [2.45, 2.75) is 12.4 Å². The lowest BCUT2D eigenvalue weighted by atomic mass is 10.6. The van der Waals surface area contributed by atoms with Crippen LogP contribution in [0.4, 0.5) is 26.3 Å². The average molecular weight is 242 g/mol. The fraction of sp³-hybridized carbons (Fsp3) is 0.500. The highest BCUT2D eigenvalue weighted by Gasteiger charge is 2.36. The van der Waals surface area contributed by atoms with Crippen molar-refractivity contribution in [1.29, 1.82) is 0 Å². The van der Waals surface area contributed by atoms with Gasteiger partial charge in [-0.15, -0.1) is 10.2 Å². The summed E-state index contributed by atoms with van der Waals surface area (Å²) in [4.78, 5) is 0. The first-order valence-electron chi connectivity index (χ1n) is 2.76. The molecule has 0 rings (SSSR count). The van der Waals surface area contributed by atoms with E-state index in [9.17, 15) is 26.3 Å². The molecule has 0 aromatic carbocycles. The second-order valence-electron chi connectivity index (χ2n) is 1.87. The number of nitrogens with zero attached hydrogens (tertiary/aromatic N) is 2. The van der Waals surface area contributed by atoms with E-state index in [1.807, 2.05) is 0 Å². The Morgan fingerprint density at radius 3 is 1.64 bits per heavy atom. The molecule has 0 atom stereocenters. The van der Waals surface area contributed by atoms with Crippen LogP contribution in [-0.4, -0.2) is 23.4 Å². The second kappa shape index (κ2) is 4.03.